The molecule has 1 aliphatic heterocycles. The lowest BCUT2D eigenvalue weighted by atomic mass is 9.99. The highest BCUT2D eigenvalue weighted by Crippen LogP contribution is 2.18. The molecular weight excluding hydrogens is 354 g/mol. The molecule has 1 heterocycles. The second kappa shape index (κ2) is 9.46. The molecule has 0 spiro atoms. The molecule has 6 heteroatoms. The first-order valence-corrected chi connectivity index (χ1v) is 9.80. The molecule has 148 valence electrons. The lowest BCUT2D eigenvalue weighted by Crippen LogP contribution is -2.33. The van der Waals surface area contributed by atoms with Crippen molar-refractivity contribution in [1.82, 2.24) is 10.2 Å². The summed E-state index contributed by atoms with van der Waals surface area (Å²) < 4.78 is 0. The van der Waals surface area contributed by atoms with Crippen molar-refractivity contribution < 1.29 is 9.72 Å². The summed E-state index contributed by atoms with van der Waals surface area (Å²) in [5, 5.41) is 13.6. The van der Waals surface area contributed by atoms with E-state index in [1.807, 2.05) is 0 Å². The van der Waals surface area contributed by atoms with E-state index in [9.17, 15) is 14.9 Å². The number of nitrogens with zero attached hydrogens (tertiary/aromatic N) is 2. The summed E-state index contributed by atoms with van der Waals surface area (Å²) in [4.78, 5) is 24.8. The third-order valence-electron chi connectivity index (χ3n) is 5.17. The number of amides is 1. The number of hydrogen-bond acceptors (Lipinski definition) is 4. The Balaban J connectivity index is 1.45. The van der Waals surface area contributed by atoms with Gasteiger partial charge in [-0.1, -0.05) is 43.3 Å². The lowest BCUT2D eigenvalue weighted by molar-refractivity contribution is -0.384. The molecule has 0 aliphatic carbocycles. The second-order valence-electron chi connectivity index (χ2n) is 7.68. The minimum absolute atomic E-state index is 0.0308. The number of nitro groups is 1. The van der Waals surface area contributed by atoms with Crippen LogP contribution in [0.1, 0.15) is 36.5 Å². The minimum Gasteiger partial charge on any atom is -0.352 e. The third kappa shape index (κ3) is 5.89. The Hall–Kier alpha value is -2.73. The van der Waals surface area contributed by atoms with Gasteiger partial charge in [-0.15, -0.1) is 0 Å². The predicted molar refractivity (Wildman–Crippen MR) is 109 cm³/mol. The molecule has 28 heavy (non-hydrogen) atoms. The first-order chi connectivity index (χ1) is 13.5. The summed E-state index contributed by atoms with van der Waals surface area (Å²) in [5.41, 5.74) is 3.15. The summed E-state index contributed by atoms with van der Waals surface area (Å²) >= 11 is 0. The zero-order chi connectivity index (χ0) is 19.9. The highest BCUT2D eigenvalue weighted by molar-refractivity contribution is 5.78. The van der Waals surface area contributed by atoms with E-state index in [-0.39, 0.29) is 18.0 Å². The van der Waals surface area contributed by atoms with Gasteiger partial charge in [0.15, 0.2) is 0 Å². The van der Waals surface area contributed by atoms with Crippen molar-refractivity contribution in [1.29, 1.82) is 0 Å². The molecule has 0 radical (unpaired) electrons. The molecule has 2 aromatic rings. The molecule has 1 atom stereocenters. The predicted octanol–water partition coefficient (Wildman–Crippen LogP) is 3.69. The smallest absolute Gasteiger partial charge is 0.269 e. The van der Waals surface area contributed by atoms with E-state index in [0.29, 0.717) is 6.54 Å². The Labute approximate surface area is 165 Å². The number of piperidine rings is 1. The number of nitrogens with one attached hydrogen (secondary N) is 1. The fourth-order valence-electron chi connectivity index (χ4n) is 3.64. The molecule has 1 amide bonds. The van der Waals surface area contributed by atoms with Crippen molar-refractivity contribution in [2.45, 2.75) is 39.3 Å². The van der Waals surface area contributed by atoms with Gasteiger partial charge in [0, 0.05) is 31.8 Å². The number of hydrogen-bond donors (Lipinski definition) is 1. The maximum atomic E-state index is 12.1. The van der Waals surface area contributed by atoms with Crippen LogP contribution in [0.4, 0.5) is 5.69 Å². The molecule has 3 rings (SSSR count). The van der Waals surface area contributed by atoms with Gasteiger partial charge >= 0.3 is 0 Å². The highest BCUT2D eigenvalue weighted by Gasteiger charge is 2.16. The van der Waals surface area contributed by atoms with Crippen molar-refractivity contribution in [3.63, 3.8) is 0 Å². The summed E-state index contributed by atoms with van der Waals surface area (Å²) in [6.07, 6.45) is 2.82. The Morgan fingerprint density at radius 3 is 2.39 bits per heavy atom. The van der Waals surface area contributed by atoms with Crippen LogP contribution < -0.4 is 5.32 Å². The van der Waals surface area contributed by atoms with Gasteiger partial charge in [0.2, 0.25) is 5.91 Å². The normalized spacial score (nSPS) is 17.2. The Morgan fingerprint density at radius 1 is 1.11 bits per heavy atom. The van der Waals surface area contributed by atoms with Gasteiger partial charge in [0.05, 0.1) is 11.3 Å². The van der Waals surface area contributed by atoms with Crippen LogP contribution in [0.3, 0.4) is 0 Å². The maximum absolute atomic E-state index is 12.1. The van der Waals surface area contributed by atoms with E-state index < -0.39 is 4.92 Å². The number of rotatable bonds is 7. The number of nitro benzene ring substituents is 1. The molecule has 1 saturated heterocycles. The molecule has 1 fully saturated rings. The fraction of sp³-hybridized carbons (Fsp3) is 0.409. The summed E-state index contributed by atoms with van der Waals surface area (Å²) in [6.45, 7) is 6.11. The Bertz CT molecular complexity index is 803. The van der Waals surface area contributed by atoms with Crippen molar-refractivity contribution in [2.75, 3.05) is 13.1 Å². The second-order valence-corrected chi connectivity index (χ2v) is 7.68. The van der Waals surface area contributed by atoms with E-state index in [1.54, 1.807) is 12.1 Å². The average molecular weight is 381 g/mol. The van der Waals surface area contributed by atoms with E-state index >= 15 is 0 Å². The van der Waals surface area contributed by atoms with E-state index in [1.165, 1.54) is 43.6 Å². The summed E-state index contributed by atoms with van der Waals surface area (Å²) in [7, 11) is 0. The lowest BCUT2D eigenvalue weighted by Gasteiger charge is -2.30. The number of likely N-dealkylation sites (tertiary alicyclic amines) is 1. The molecule has 1 unspecified atom stereocenters. The van der Waals surface area contributed by atoms with Gasteiger partial charge in [-0.25, -0.2) is 0 Å². The SMILES string of the molecule is CC1CCCN(Cc2ccc(CNC(=O)Cc3ccc([N+](=O)[O-])cc3)cc2)C1. The topological polar surface area (TPSA) is 75.5 Å². The van der Waals surface area contributed by atoms with Crippen LogP contribution in [0.25, 0.3) is 0 Å². The molecule has 1 N–H and O–H groups in total. The van der Waals surface area contributed by atoms with Gasteiger partial charge in [0.1, 0.15) is 0 Å². The van der Waals surface area contributed by atoms with Gasteiger partial charge in [0.25, 0.3) is 5.69 Å². The van der Waals surface area contributed by atoms with Gasteiger partial charge in [-0.05, 0) is 42.0 Å². The first kappa shape index (κ1) is 20.0. The zero-order valence-corrected chi connectivity index (χ0v) is 16.3. The third-order valence-corrected chi connectivity index (χ3v) is 5.17. The Morgan fingerprint density at radius 2 is 1.75 bits per heavy atom. The number of non-ortho nitro benzene ring substituents is 1. The largest absolute Gasteiger partial charge is 0.352 e. The minimum atomic E-state index is -0.445. The molecule has 6 nitrogen and oxygen atoms in total. The highest BCUT2D eigenvalue weighted by atomic mass is 16.6. The van der Waals surface area contributed by atoms with Gasteiger partial charge in [-0.2, -0.15) is 0 Å². The summed E-state index contributed by atoms with van der Waals surface area (Å²) in [6, 6.07) is 14.5. The maximum Gasteiger partial charge on any atom is 0.269 e. The van der Waals surface area contributed by atoms with Crippen LogP contribution in [-0.2, 0) is 24.3 Å². The van der Waals surface area contributed by atoms with E-state index in [2.05, 4.69) is 41.4 Å². The molecule has 0 saturated carbocycles. The van der Waals surface area contributed by atoms with Crippen LogP contribution >= 0.6 is 0 Å². The molecule has 0 aromatic heterocycles. The number of benzene rings is 2. The van der Waals surface area contributed by atoms with Gasteiger partial charge in [-0.3, -0.25) is 19.8 Å². The van der Waals surface area contributed by atoms with Crippen LogP contribution in [0.5, 0.6) is 0 Å². The van der Waals surface area contributed by atoms with Gasteiger partial charge < -0.3 is 5.32 Å². The van der Waals surface area contributed by atoms with Crippen LogP contribution in [0, 0.1) is 16.0 Å². The summed E-state index contributed by atoms with van der Waals surface area (Å²) in [5.74, 6) is 0.680. The van der Waals surface area contributed by atoms with E-state index in [4.69, 9.17) is 0 Å². The van der Waals surface area contributed by atoms with Crippen molar-refractivity contribution >= 4 is 11.6 Å². The van der Waals surface area contributed by atoms with Crippen molar-refractivity contribution in [2.24, 2.45) is 5.92 Å². The van der Waals surface area contributed by atoms with Crippen LogP contribution in [0.2, 0.25) is 0 Å². The molecule has 0 bridgehead atoms. The average Bonchev–Trinajstić information content (AvgIpc) is 2.68. The molecule has 1 aliphatic rings. The van der Waals surface area contributed by atoms with Crippen molar-refractivity contribution in [3.05, 3.63) is 75.3 Å². The number of carbonyl (C=O) groups is 1. The first-order valence-electron chi connectivity index (χ1n) is 9.80. The monoisotopic (exact) mass is 381 g/mol. The Kier molecular flexibility index (Phi) is 6.76. The zero-order valence-electron chi connectivity index (χ0n) is 16.3. The standard InChI is InChI=1S/C22H27N3O3/c1-17-3-2-12-24(15-17)16-20-6-4-19(5-7-20)14-23-22(26)13-18-8-10-21(11-9-18)25(27)28/h4-11,17H,2-3,12-16H2,1H3,(H,23,26). The van der Waals surface area contributed by atoms with Crippen molar-refractivity contribution in [3.8, 4) is 0 Å². The quantitative estimate of drug-likeness (QED) is 0.586. The van der Waals surface area contributed by atoms with Crippen LogP contribution in [0.15, 0.2) is 48.5 Å². The molecular formula is C22H27N3O3. The van der Waals surface area contributed by atoms with E-state index in [0.717, 1.165) is 23.6 Å². The number of carbonyl (C=O) groups excluding carboxylic acids is 1. The fourth-order valence-corrected chi connectivity index (χ4v) is 3.64. The van der Waals surface area contributed by atoms with Crippen LogP contribution in [-0.4, -0.2) is 28.8 Å². The molecule has 2 aromatic carbocycles.